The first-order valence-corrected chi connectivity index (χ1v) is 6.10. The molecule has 7 nitrogen and oxygen atoms in total. The molecule has 0 unspecified atom stereocenters. The Hall–Kier alpha value is -2.67. The van der Waals surface area contributed by atoms with Gasteiger partial charge in [0.05, 0.1) is 23.1 Å². The molecule has 0 aliphatic carbocycles. The number of hydrogen-bond donors (Lipinski definition) is 1. The summed E-state index contributed by atoms with van der Waals surface area (Å²) in [6.45, 7) is 0. The Labute approximate surface area is 124 Å². The fourth-order valence-corrected chi connectivity index (χ4v) is 1.66. The third-order valence-electron chi connectivity index (χ3n) is 2.57. The van der Waals surface area contributed by atoms with E-state index in [1.807, 2.05) is 0 Å². The average molecular weight is 308 g/mol. The smallest absolute Gasteiger partial charge is 0.315 e. The van der Waals surface area contributed by atoms with Gasteiger partial charge in [-0.15, -0.1) is 0 Å². The molecule has 0 fully saturated rings. The van der Waals surface area contributed by atoms with Crippen LogP contribution in [0.4, 0.5) is 11.5 Å². The third-order valence-corrected chi connectivity index (χ3v) is 2.80. The quantitative estimate of drug-likeness (QED) is 0.531. The SMILES string of the molecule is COc1cc(C=Nc2ccc(Cl)cn2)c(O)c([N+](=O)[O-])c1. The number of aromatic hydroxyl groups is 1. The Kier molecular flexibility index (Phi) is 4.34. The molecule has 8 heteroatoms. The first kappa shape index (κ1) is 14.7. The van der Waals surface area contributed by atoms with Gasteiger partial charge in [0, 0.05) is 18.0 Å². The lowest BCUT2D eigenvalue weighted by molar-refractivity contribution is -0.385. The summed E-state index contributed by atoms with van der Waals surface area (Å²) in [6, 6.07) is 5.74. The molecule has 1 aromatic carbocycles. The van der Waals surface area contributed by atoms with E-state index in [0.717, 1.165) is 6.07 Å². The molecule has 2 rings (SSSR count). The van der Waals surface area contributed by atoms with Crippen LogP contribution in [0.5, 0.6) is 11.5 Å². The van der Waals surface area contributed by atoms with Crippen LogP contribution in [0.1, 0.15) is 5.56 Å². The fraction of sp³-hybridized carbons (Fsp3) is 0.0769. The third kappa shape index (κ3) is 3.46. The zero-order valence-electron chi connectivity index (χ0n) is 10.9. The molecule has 0 radical (unpaired) electrons. The molecule has 1 N–H and O–H groups in total. The number of nitro groups is 1. The van der Waals surface area contributed by atoms with Crippen molar-refractivity contribution < 1.29 is 14.8 Å². The number of nitro benzene ring substituents is 1. The van der Waals surface area contributed by atoms with Gasteiger partial charge in [0.25, 0.3) is 0 Å². The summed E-state index contributed by atoms with van der Waals surface area (Å²) in [6.07, 6.45) is 2.68. The zero-order chi connectivity index (χ0) is 15.4. The Bertz CT molecular complexity index is 701. The van der Waals surface area contributed by atoms with Crippen LogP contribution in [0.2, 0.25) is 5.02 Å². The van der Waals surface area contributed by atoms with Crippen molar-refractivity contribution in [3.05, 3.63) is 51.2 Å². The number of benzene rings is 1. The van der Waals surface area contributed by atoms with Crippen LogP contribution < -0.4 is 4.74 Å². The van der Waals surface area contributed by atoms with Gasteiger partial charge in [-0.25, -0.2) is 9.98 Å². The van der Waals surface area contributed by atoms with Gasteiger partial charge in [-0.1, -0.05) is 11.6 Å². The van der Waals surface area contributed by atoms with Crippen molar-refractivity contribution in [1.82, 2.24) is 4.98 Å². The zero-order valence-corrected chi connectivity index (χ0v) is 11.6. The summed E-state index contributed by atoms with van der Waals surface area (Å²) in [5.41, 5.74) is -0.308. The number of methoxy groups -OCH3 is 1. The first-order valence-electron chi connectivity index (χ1n) is 5.72. The lowest BCUT2D eigenvalue weighted by Gasteiger charge is -2.04. The van der Waals surface area contributed by atoms with Gasteiger partial charge in [-0.05, 0) is 18.2 Å². The highest BCUT2D eigenvalue weighted by Crippen LogP contribution is 2.33. The minimum atomic E-state index is -0.699. The Morgan fingerprint density at radius 3 is 2.81 bits per heavy atom. The maximum absolute atomic E-state index is 10.9. The maximum atomic E-state index is 10.9. The van der Waals surface area contributed by atoms with E-state index in [9.17, 15) is 15.2 Å². The molecule has 1 aromatic heterocycles. The van der Waals surface area contributed by atoms with Gasteiger partial charge >= 0.3 is 5.69 Å². The highest BCUT2D eigenvalue weighted by molar-refractivity contribution is 6.30. The van der Waals surface area contributed by atoms with E-state index in [1.165, 1.54) is 25.6 Å². The van der Waals surface area contributed by atoms with Gasteiger partial charge in [-0.3, -0.25) is 10.1 Å². The Balaban J connectivity index is 2.41. The predicted molar refractivity (Wildman–Crippen MR) is 77.8 cm³/mol. The van der Waals surface area contributed by atoms with Crippen LogP contribution >= 0.6 is 11.6 Å². The molecule has 0 bridgehead atoms. The van der Waals surface area contributed by atoms with E-state index < -0.39 is 16.4 Å². The average Bonchev–Trinajstić information content (AvgIpc) is 2.47. The van der Waals surface area contributed by atoms with E-state index in [1.54, 1.807) is 12.1 Å². The van der Waals surface area contributed by atoms with Crippen molar-refractivity contribution in [3.63, 3.8) is 0 Å². The van der Waals surface area contributed by atoms with E-state index >= 15 is 0 Å². The number of phenolic OH excluding ortho intramolecular Hbond substituents is 1. The van der Waals surface area contributed by atoms with Gasteiger partial charge in [0.15, 0.2) is 5.82 Å². The van der Waals surface area contributed by atoms with Crippen LogP contribution in [-0.2, 0) is 0 Å². The minimum absolute atomic E-state index is 0.151. The van der Waals surface area contributed by atoms with Crippen molar-refractivity contribution >= 4 is 29.3 Å². The predicted octanol–water partition coefficient (Wildman–Crippen LogP) is 3.11. The monoisotopic (exact) mass is 307 g/mol. The van der Waals surface area contributed by atoms with E-state index in [-0.39, 0.29) is 11.3 Å². The van der Waals surface area contributed by atoms with E-state index in [2.05, 4.69) is 9.98 Å². The normalized spacial score (nSPS) is 10.8. The number of hydrogen-bond acceptors (Lipinski definition) is 6. The molecule has 2 aromatic rings. The molecule has 0 saturated carbocycles. The molecule has 21 heavy (non-hydrogen) atoms. The standard InChI is InChI=1S/C13H10ClN3O4/c1-21-10-4-8(13(18)11(5-10)17(19)20)6-15-12-3-2-9(14)7-16-12/h2-7,18H,1H3. The number of aliphatic imine (C=N–C) groups is 1. The summed E-state index contributed by atoms with van der Waals surface area (Å²) < 4.78 is 4.96. The molecule has 0 saturated heterocycles. The van der Waals surface area contributed by atoms with Gasteiger partial charge in [0.1, 0.15) is 5.75 Å². The number of rotatable bonds is 4. The number of ether oxygens (including phenoxy) is 1. The number of nitrogens with zero attached hydrogens (tertiary/aromatic N) is 3. The summed E-state index contributed by atoms with van der Waals surface area (Å²) in [5.74, 6) is 0.104. The molecule has 108 valence electrons. The topological polar surface area (TPSA) is 97.9 Å². The number of aromatic nitrogens is 1. The highest BCUT2D eigenvalue weighted by Gasteiger charge is 2.18. The maximum Gasteiger partial charge on any atom is 0.315 e. The largest absolute Gasteiger partial charge is 0.502 e. The molecule has 1 heterocycles. The number of halogens is 1. The van der Waals surface area contributed by atoms with Crippen molar-refractivity contribution in [2.24, 2.45) is 4.99 Å². The summed E-state index contributed by atoms with van der Waals surface area (Å²) in [5, 5.41) is 21.2. The second-order valence-corrected chi connectivity index (χ2v) is 4.37. The van der Waals surface area contributed by atoms with Crippen molar-refractivity contribution in [1.29, 1.82) is 0 Å². The Morgan fingerprint density at radius 2 is 2.24 bits per heavy atom. The molecule has 0 spiro atoms. The molecule has 0 atom stereocenters. The second-order valence-electron chi connectivity index (χ2n) is 3.93. The van der Waals surface area contributed by atoms with Gasteiger partial charge in [0.2, 0.25) is 5.75 Å². The number of phenols is 1. The van der Waals surface area contributed by atoms with E-state index in [4.69, 9.17) is 16.3 Å². The first-order chi connectivity index (χ1) is 10.0. The van der Waals surface area contributed by atoms with Crippen molar-refractivity contribution in [2.45, 2.75) is 0 Å². The minimum Gasteiger partial charge on any atom is -0.502 e. The molecule has 0 aliphatic heterocycles. The van der Waals surface area contributed by atoms with E-state index in [0.29, 0.717) is 10.8 Å². The lowest BCUT2D eigenvalue weighted by atomic mass is 10.1. The van der Waals surface area contributed by atoms with Crippen molar-refractivity contribution in [2.75, 3.05) is 7.11 Å². The summed E-state index contributed by atoms with van der Waals surface area (Å²) in [7, 11) is 1.37. The lowest BCUT2D eigenvalue weighted by Crippen LogP contribution is -1.94. The Morgan fingerprint density at radius 1 is 1.48 bits per heavy atom. The van der Waals surface area contributed by atoms with Gasteiger partial charge in [-0.2, -0.15) is 0 Å². The van der Waals surface area contributed by atoms with Gasteiger partial charge < -0.3 is 9.84 Å². The van der Waals surface area contributed by atoms with Crippen molar-refractivity contribution in [3.8, 4) is 11.5 Å². The molecule has 0 aliphatic rings. The number of pyridine rings is 1. The van der Waals surface area contributed by atoms with Crippen LogP contribution in [-0.4, -0.2) is 28.3 Å². The van der Waals surface area contributed by atoms with Crippen LogP contribution in [0.3, 0.4) is 0 Å². The van der Waals surface area contributed by atoms with Crippen LogP contribution in [0.15, 0.2) is 35.5 Å². The molecule has 0 amide bonds. The molecular weight excluding hydrogens is 298 g/mol. The van der Waals surface area contributed by atoms with Crippen LogP contribution in [0, 0.1) is 10.1 Å². The summed E-state index contributed by atoms with van der Waals surface area (Å²) in [4.78, 5) is 18.1. The highest BCUT2D eigenvalue weighted by atomic mass is 35.5. The van der Waals surface area contributed by atoms with Crippen LogP contribution in [0.25, 0.3) is 0 Å². The summed E-state index contributed by atoms with van der Waals surface area (Å²) >= 11 is 5.70. The fourth-order valence-electron chi connectivity index (χ4n) is 1.55. The molecular formula is C13H10ClN3O4. The second kappa shape index (κ2) is 6.19.